The maximum absolute atomic E-state index is 12.9. The van der Waals surface area contributed by atoms with Gasteiger partial charge in [-0.25, -0.2) is 5.43 Å². The van der Waals surface area contributed by atoms with Crippen molar-refractivity contribution in [3.05, 3.63) is 29.8 Å². The average molecular weight is 364 g/mol. The number of nitrogens with one attached hydrogen (secondary N) is 1. The molecule has 2 aliphatic heterocycles. The Hall–Kier alpha value is -1.24. The Balaban J connectivity index is 1.64. The quantitative estimate of drug-likeness (QED) is 0.463. The Labute approximate surface area is 156 Å². The van der Waals surface area contributed by atoms with Crippen molar-refractivity contribution in [3.8, 4) is 5.75 Å². The van der Waals surface area contributed by atoms with Crippen LogP contribution in [-0.4, -0.2) is 49.1 Å². The highest BCUT2D eigenvalue weighted by Crippen LogP contribution is 2.43. The summed E-state index contributed by atoms with van der Waals surface area (Å²) in [5, 5.41) is 1.69. The first-order chi connectivity index (χ1) is 12.1. The van der Waals surface area contributed by atoms with Crippen LogP contribution >= 0.6 is 12.6 Å². The maximum Gasteiger partial charge on any atom is 0.238 e. The standard InChI is InChI=1S/C19H29N3O2S/c1-20-22(18(23)10-7-14-21-12-5-2-6-13-21)19(25)11-15-24-17-9-4-3-8-16(17)19/h3-4,8-9,20,25H,2,5-7,10-15H2,1H3. The van der Waals surface area contributed by atoms with Crippen LogP contribution in [0.4, 0.5) is 0 Å². The zero-order chi connectivity index (χ0) is 17.7. The number of piperidine rings is 1. The highest BCUT2D eigenvalue weighted by Gasteiger charge is 2.42. The Kier molecular flexibility index (Phi) is 6.25. The van der Waals surface area contributed by atoms with E-state index in [9.17, 15) is 4.79 Å². The maximum atomic E-state index is 12.9. The minimum Gasteiger partial charge on any atom is -0.493 e. The smallest absolute Gasteiger partial charge is 0.238 e. The van der Waals surface area contributed by atoms with E-state index in [-0.39, 0.29) is 5.91 Å². The predicted molar refractivity (Wildman–Crippen MR) is 103 cm³/mol. The molecular weight excluding hydrogens is 334 g/mol. The van der Waals surface area contributed by atoms with Crippen LogP contribution in [-0.2, 0) is 9.67 Å². The number of para-hydroxylation sites is 1. The molecule has 1 atom stereocenters. The number of likely N-dealkylation sites (tertiary alicyclic amines) is 1. The lowest BCUT2D eigenvalue weighted by molar-refractivity contribution is -0.139. The number of amides is 1. The van der Waals surface area contributed by atoms with Gasteiger partial charge in [-0.05, 0) is 45.0 Å². The van der Waals surface area contributed by atoms with Gasteiger partial charge in [0.15, 0.2) is 0 Å². The molecule has 0 saturated carbocycles. The van der Waals surface area contributed by atoms with Crippen molar-refractivity contribution in [1.29, 1.82) is 0 Å². The fourth-order valence-electron chi connectivity index (χ4n) is 3.86. The lowest BCUT2D eigenvalue weighted by Gasteiger charge is -2.43. The van der Waals surface area contributed by atoms with E-state index in [4.69, 9.17) is 17.4 Å². The van der Waals surface area contributed by atoms with Gasteiger partial charge in [-0.1, -0.05) is 24.6 Å². The number of nitrogens with zero attached hydrogens (tertiary/aromatic N) is 2. The van der Waals surface area contributed by atoms with Gasteiger partial charge < -0.3 is 9.64 Å². The molecule has 0 aliphatic carbocycles. The number of hydrazine groups is 1. The van der Waals surface area contributed by atoms with Crippen LogP contribution in [0.3, 0.4) is 0 Å². The Bertz CT molecular complexity index is 592. The topological polar surface area (TPSA) is 44.8 Å². The van der Waals surface area contributed by atoms with E-state index in [1.165, 1.54) is 32.4 Å². The SMILES string of the molecule is CNN(C(=O)CCCN1CCCCC1)C1(S)CCOc2ccccc21. The van der Waals surface area contributed by atoms with Gasteiger partial charge in [0.05, 0.1) is 6.61 Å². The molecule has 1 aromatic rings. The summed E-state index contributed by atoms with van der Waals surface area (Å²) < 4.78 is 5.73. The molecule has 1 aromatic carbocycles. The number of carbonyl (C=O) groups excluding carboxylic acids is 1. The predicted octanol–water partition coefficient (Wildman–Crippen LogP) is 2.78. The van der Waals surface area contributed by atoms with Crippen LogP contribution < -0.4 is 10.2 Å². The zero-order valence-electron chi connectivity index (χ0n) is 15.0. The first-order valence-corrected chi connectivity index (χ1v) is 9.77. The molecule has 2 aliphatic rings. The number of benzene rings is 1. The highest BCUT2D eigenvalue weighted by molar-refractivity contribution is 7.81. The van der Waals surface area contributed by atoms with Crippen molar-refractivity contribution in [2.24, 2.45) is 0 Å². The third-order valence-electron chi connectivity index (χ3n) is 5.18. The van der Waals surface area contributed by atoms with Crippen molar-refractivity contribution in [1.82, 2.24) is 15.3 Å². The number of hydrogen-bond donors (Lipinski definition) is 2. The average Bonchev–Trinajstić information content (AvgIpc) is 2.63. The van der Waals surface area contributed by atoms with E-state index >= 15 is 0 Å². The second-order valence-electron chi connectivity index (χ2n) is 6.87. The Morgan fingerprint density at radius 1 is 1.32 bits per heavy atom. The third kappa shape index (κ3) is 4.13. The van der Waals surface area contributed by atoms with Crippen LogP contribution in [0.1, 0.15) is 44.1 Å². The summed E-state index contributed by atoms with van der Waals surface area (Å²) in [5.41, 5.74) is 4.03. The van der Waals surface area contributed by atoms with Gasteiger partial charge in [-0.3, -0.25) is 9.80 Å². The summed E-state index contributed by atoms with van der Waals surface area (Å²) in [6.07, 6.45) is 5.99. The van der Waals surface area contributed by atoms with Crippen LogP contribution in [0.5, 0.6) is 5.75 Å². The summed E-state index contributed by atoms with van der Waals surface area (Å²) in [5.74, 6) is 0.899. The number of rotatable bonds is 6. The van der Waals surface area contributed by atoms with Gasteiger partial charge in [-0.15, -0.1) is 12.6 Å². The van der Waals surface area contributed by atoms with E-state index < -0.39 is 4.87 Å². The summed E-state index contributed by atoms with van der Waals surface area (Å²) in [6, 6.07) is 7.84. The lowest BCUT2D eigenvalue weighted by Crippen LogP contribution is -2.54. The number of fused-ring (bicyclic) bond motifs is 1. The number of carbonyl (C=O) groups is 1. The Morgan fingerprint density at radius 3 is 2.84 bits per heavy atom. The van der Waals surface area contributed by atoms with Gasteiger partial charge in [0.1, 0.15) is 10.6 Å². The second kappa shape index (κ2) is 8.43. The van der Waals surface area contributed by atoms with E-state index in [2.05, 4.69) is 10.3 Å². The molecule has 0 aromatic heterocycles. The lowest BCUT2D eigenvalue weighted by atomic mass is 9.98. The molecule has 0 spiro atoms. The van der Waals surface area contributed by atoms with E-state index in [0.29, 0.717) is 19.4 Å². The molecule has 1 fully saturated rings. The molecule has 0 bridgehead atoms. The van der Waals surface area contributed by atoms with Gasteiger partial charge >= 0.3 is 0 Å². The number of ether oxygens (including phenoxy) is 1. The summed E-state index contributed by atoms with van der Waals surface area (Å²) in [6.45, 7) is 3.90. The number of thiol groups is 1. The van der Waals surface area contributed by atoms with Gasteiger partial charge in [0, 0.05) is 25.5 Å². The monoisotopic (exact) mass is 363 g/mol. The van der Waals surface area contributed by atoms with Crippen molar-refractivity contribution in [3.63, 3.8) is 0 Å². The molecule has 1 saturated heterocycles. The molecule has 6 heteroatoms. The highest BCUT2D eigenvalue weighted by atomic mass is 32.1. The van der Waals surface area contributed by atoms with Crippen molar-refractivity contribution < 1.29 is 9.53 Å². The molecule has 1 amide bonds. The summed E-state index contributed by atoms with van der Waals surface area (Å²) in [4.78, 5) is 14.7. The zero-order valence-corrected chi connectivity index (χ0v) is 15.9. The molecule has 0 radical (unpaired) electrons. The molecule has 3 rings (SSSR count). The van der Waals surface area contributed by atoms with E-state index in [1.54, 1.807) is 12.1 Å². The van der Waals surface area contributed by atoms with Gasteiger partial charge in [-0.2, -0.15) is 0 Å². The fraction of sp³-hybridized carbons (Fsp3) is 0.632. The largest absolute Gasteiger partial charge is 0.493 e. The van der Waals surface area contributed by atoms with E-state index in [0.717, 1.165) is 24.3 Å². The second-order valence-corrected chi connectivity index (χ2v) is 7.61. The first kappa shape index (κ1) is 18.5. The molecule has 2 heterocycles. The van der Waals surface area contributed by atoms with Gasteiger partial charge in [0.25, 0.3) is 0 Å². The van der Waals surface area contributed by atoms with Crippen LogP contribution in [0.25, 0.3) is 0 Å². The first-order valence-electron chi connectivity index (χ1n) is 9.32. The van der Waals surface area contributed by atoms with Crippen molar-refractivity contribution in [2.45, 2.75) is 43.4 Å². The molecule has 138 valence electrons. The van der Waals surface area contributed by atoms with Crippen molar-refractivity contribution >= 4 is 18.5 Å². The van der Waals surface area contributed by atoms with Crippen LogP contribution in [0.2, 0.25) is 0 Å². The van der Waals surface area contributed by atoms with Crippen LogP contribution in [0.15, 0.2) is 24.3 Å². The minimum atomic E-state index is -0.675. The van der Waals surface area contributed by atoms with Crippen molar-refractivity contribution in [2.75, 3.05) is 33.3 Å². The minimum absolute atomic E-state index is 0.0891. The normalized spacial score (nSPS) is 23.6. The molecule has 1 N–H and O–H groups in total. The molecule has 5 nitrogen and oxygen atoms in total. The van der Waals surface area contributed by atoms with Gasteiger partial charge in [0.2, 0.25) is 5.91 Å². The summed E-state index contributed by atoms with van der Waals surface area (Å²) >= 11 is 4.92. The Morgan fingerprint density at radius 2 is 2.08 bits per heavy atom. The van der Waals surface area contributed by atoms with Crippen LogP contribution in [0, 0.1) is 0 Å². The third-order valence-corrected chi connectivity index (χ3v) is 5.85. The fourth-order valence-corrected chi connectivity index (χ4v) is 4.35. The summed E-state index contributed by atoms with van der Waals surface area (Å²) in [7, 11) is 1.79. The molecular formula is C19H29N3O2S. The molecule has 1 unspecified atom stereocenters. The number of hydrogen-bond acceptors (Lipinski definition) is 5. The molecule has 25 heavy (non-hydrogen) atoms. The van der Waals surface area contributed by atoms with E-state index in [1.807, 2.05) is 24.3 Å².